The maximum atomic E-state index is 9.90. The van der Waals surface area contributed by atoms with Crippen LogP contribution in [-0.2, 0) is 7.05 Å². The highest BCUT2D eigenvalue weighted by molar-refractivity contribution is 5.70. The first-order valence-corrected chi connectivity index (χ1v) is 12.6. The first-order chi connectivity index (χ1) is 17.7. The van der Waals surface area contributed by atoms with E-state index < -0.39 is 6.09 Å². The normalized spacial score (nSPS) is 14.1. The maximum Gasteiger partial charge on any atom is 0.405 e. The van der Waals surface area contributed by atoms with Gasteiger partial charge in [0.05, 0.1) is 18.4 Å². The molecule has 0 saturated heterocycles. The third-order valence-corrected chi connectivity index (χ3v) is 6.18. The molecule has 0 bridgehead atoms. The van der Waals surface area contributed by atoms with Crippen molar-refractivity contribution in [2.24, 2.45) is 7.05 Å². The molecule has 1 aliphatic carbocycles. The number of nitrogens with zero attached hydrogens (tertiary/aromatic N) is 6. The fraction of sp³-hybridized carbons (Fsp3) is 0.393. The van der Waals surface area contributed by atoms with E-state index in [2.05, 4.69) is 48.5 Å². The molecule has 1 saturated carbocycles. The molecule has 0 spiro atoms. The van der Waals surface area contributed by atoms with Crippen molar-refractivity contribution in [3.05, 3.63) is 61.4 Å². The lowest BCUT2D eigenvalue weighted by molar-refractivity contribution is 0.184. The fourth-order valence-corrected chi connectivity index (χ4v) is 4.39. The molecule has 1 amide bonds. The number of rotatable bonds is 4. The summed E-state index contributed by atoms with van der Waals surface area (Å²) in [6, 6.07) is 8.79. The Hall–Kier alpha value is -4.01. The molecule has 5 rings (SSSR count). The first kappa shape index (κ1) is 26.1. The third-order valence-electron chi connectivity index (χ3n) is 6.18. The topological polar surface area (TPSA) is 111 Å². The zero-order valence-electron chi connectivity index (χ0n) is 21.9. The lowest BCUT2D eigenvalue weighted by atomic mass is 9.96. The van der Waals surface area contributed by atoms with E-state index in [-0.39, 0.29) is 5.54 Å². The molecular formula is C28H35N7O2. The highest BCUT2D eigenvalue weighted by Crippen LogP contribution is 2.29. The summed E-state index contributed by atoms with van der Waals surface area (Å²) in [6.07, 6.45) is 17.1. The number of aryl methyl sites for hydroxylation is 1. The molecule has 3 heterocycles. The zero-order chi connectivity index (χ0) is 26.4. The van der Waals surface area contributed by atoms with Crippen molar-refractivity contribution in [3.8, 4) is 33.6 Å². The van der Waals surface area contributed by atoms with Crippen LogP contribution < -0.4 is 5.32 Å². The number of benzene rings is 1. The highest BCUT2D eigenvalue weighted by atomic mass is 16.4. The van der Waals surface area contributed by atoms with Gasteiger partial charge in [-0.15, -0.1) is 0 Å². The Kier molecular flexibility index (Phi) is 8.01. The monoisotopic (exact) mass is 501 g/mol. The summed E-state index contributed by atoms with van der Waals surface area (Å²) < 4.78 is 3.93. The van der Waals surface area contributed by atoms with E-state index in [1.165, 1.54) is 32.1 Å². The minimum Gasteiger partial charge on any atom is -0.465 e. The molecule has 4 aromatic rings. The first-order valence-electron chi connectivity index (χ1n) is 12.6. The van der Waals surface area contributed by atoms with Crippen LogP contribution in [0.15, 0.2) is 61.4 Å². The van der Waals surface area contributed by atoms with Gasteiger partial charge >= 0.3 is 6.09 Å². The second-order valence-electron chi connectivity index (χ2n) is 10.5. The number of carbonyl (C=O) groups is 1. The van der Waals surface area contributed by atoms with Gasteiger partial charge in [0.1, 0.15) is 0 Å². The van der Waals surface area contributed by atoms with Gasteiger partial charge in [0.25, 0.3) is 0 Å². The van der Waals surface area contributed by atoms with Crippen molar-refractivity contribution in [1.82, 2.24) is 34.8 Å². The van der Waals surface area contributed by atoms with Crippen LogP contribution in [0.2, 0.25) is 0 Å². The van der Waals surface area contributed by atoms with Crippen LogP contribution in [0.3, 0.4) is 0 Å². The Balaban J connectivity index is 0.000000349. The van der Waals surface area contributed by atoms with Crippen molar-refractivity contribution in [2.45, 2.75) is 64.5 Å². The van der Waals surface area contributed by atoms with Crippen molar-refractivity contribution in [1.29, 1.82) is 0 Å². The Morgan fingerprint density at radius 2 is 1.54 bits per heavy atom. The molecule has 1 aromatic carbocycles. The Morgan fingerprint density at radius 1 is 0.892 bits per heavy atom. The Labute approximate surface area is 217 Å². The van der Waals surface area contributed by atoms with Crippen molar-refractivity contribution < 1.29 is 9.90 Å². The molecule has 0 atom stereocenters. The second-order valence-corrected chi connectivity index (χ2v) is 10.5. The molecule has 0 aliphatic heterocycles. The van der Waals surface area contributed by atoms with Gasteiger partial charge in [0.2, 0.25) is 0 Å². The van der Waals surface area contributed by atoms with Gasteiger partial charge in [-0.05, 0) is 45.2 Å². The average Bonchev–Trinajstić information content (AvgIpc) is 3.53. The minimum atomic E-state index is -0.975. The van der Waals surface area contributed by atoms with Crippen LogP contribution in [0.5, 0.6) is 0 Å². The van der Waals surface area contributed by atoms with Gasteiger partial charge in [-0.1, -0.05) is 37.5 Å². The van der Waals surface area contributed by atoms with E-state index in [1.807, 2.05) is 50.2 Å². The van der Waals surface area contributed by atoms with Gasteiger partial charge in [-0.25, -0.2) is 14.8 Å². The lowest BCUT2D eigenvalue weighted by Gasteiger charge is -2.21. The Morgan fingerprint density at radius 3 is 2.14 bits per heavy atom. The quantitative estimate of drug-likeness (QED) is 0.357. The molecule has 3 aromatic heterocycles. The van der Waals surface area contributed by atoms with E-state index in [0.717, 1.165) is 33.6 Å². The molecule has 9 nitrogen and oxygen atoms in total. The summed E-state index contributed by atoms with van der Waals surface area (Å²) in [7, 11) is 1.92. The van der Waals surface area contributed by atoms with Gasteiger partial charge in [-0.3, -0.25) is 9.36 Å². The molecule has 194 valence electrons. The van der Waals surface area contributed by atoms with Gasteiger partial charge in [0, 0.05) is 59.6 Å². The SMILES string of the molecule is CC(C)(C)NC(=O)O.Cn1cc(-c2cccc(-c3ncc(-c4cnn(C5CCCCC5)c4)cn3)c2)cn1. The molecule has 1 fully saturated rings. The van der Waals surface area contributed by atoms with E-state index in [1.54, 1.807) is 25.5 Å². The summed E-state index contributed by atoms with van der Waals surface area (Å²) in [5.74, 6) is 0.721. The third kappa shape index (κ3) is 7.25. The van der Waals surface area contributed by atoms with E-state index >= 15 is 0 Å². The average molecular weight is 502 g/mol. The van der Waals surface area contributed by atoms with Crippen LogP contribution >= 0.6 is 0 Å². The molecule has 2 N–H and O–H groups in total. The standard InChI is InChI=1S/C23H24N6.C5H11NO2/c1-28-15-20(13-26-28)17-6-5-7-18(10-17)23-24-11-19(12-25-23)21-14-27-29(16-21)22-8-3-2-4-9-22;1-5(2,3)6-4(7)8/h5-7,10-16,22H,2-4,8-9H2,1H3;6H,1-3H3,(H,7,8). The predicted octanol–water partition coefficient (Wildman–Crippen LogP) is 5.97. The molecule has 0 radical (unpaired) electrons. The number of carboxylic acid groups (broad SMARTS) is 1. The van der Waals surface area contributed by atoms with Crippen LogP contribution in [0.4, 0.5) is 4.79 Å². The van der Waals surface area contributed by atoms with Crippen LogP contribution in [0, 0.1) is 0 Å². The van der Waals surface area contributed by atoms with Crippen molar-refractivity contribution in [2.75, 3.05) is 0 Å². The minimum absolute atomic E-state index is 0.328. The van der Waals surface area contributed by atoms with Crippen molar-refractivity contribution >= 4 is 6.09 Å². The fourth-order valence-electron chi connectivity index (χ4n) is 4.39. The number of hydrogen-bond donors (Lipinski definition) is 2. The van der Waals surface area contributed by atoms with E-state index in [9.17, 15) is 4.79 Å². The number of nitrogens with one attached hydrogen (secondary N) is 1. The Bertz CT molecular complexity index is 1310. The summed E-state index contributed by atoms with van der Waals surface area (Å²) in [4.78, 5) is 19.1. The second kappa shape index (κ2) is 11.4. The maximum absolute atomic E-state index is 9.90. The molecule has 0 unspecified atom stereocenters. The number of aromatic nitrogens is 6. The summed E-state index contributed by atoms with van der Waals surface area (Å²) in [5, 5.41) is 19.3. The van der Waals surface area contributed by atoms with Gasteiger partial charge in [-0.2, -0.15) is 10.2 Å². The molecule has 37 heavy (non-hydrogen) atoms. The molecule has 1 aliphatic rings. The summed E-state index contributed by atoms with van der Waals surface area (Å²) >= 11 is 0. The summed E-state index contributed by atoms with van der Waals surface area (Å²) in [5.41, 5.74) is 4.94. The van der Waals surface area contributed by atoms with Crippen LogP contribution in [0.1, 0.15) is 58.9 Å². The van der Waals surface area contributed by atoms with E-state index in [4.69, 9.17) is 5.11 Å². The van der Waals surface area contributed by atoms with Gasteiger partial charge in [0.15, 0.2) is 5.82 Å². The van der Waals surface area contributed by atoms with Gasteiger partial charge < -0.3 is 10.4 Å². The number of amides is 1. The molecular weight excluding hydrogens is 466 g/mol. The highest BCUT2D eigenvalue weighted by Gasteiger charge is 2.16. The van der Waals surface area contributed by atoms with Crippen molar-refractivity contribution in [3.63, 3.8) is 0 Å². The molecule has 9 heteroatoms. The van der Waals surface area contributed by atoms with E-state index in [0.29, 0.717) is 6.04 Å². The predicted molar refractivity (Wildman–Crippen MR) is 144 cm³/mol. The van der Waals surface area contributed by atoms with Crippen LogP contribution in [0.25, 0.3) is 33.6 Å². The lowest BCUT2D eigenvalue weighted by Crippen LogP contribution is -2.39. The summed E-state index contributed by atoms with van der Waals surface area (Å²) in [6.45, 7) is 5.38. The number of hydrogen-bond acceptors (Lipinski definition) is 5. The van der Waals surface area contributed by atoms with Crippen LogP contribution in [-0.4, -0.2) is 46.3 Å². The zero-order valence-corrected chi connectivity index (χ0v) is 21.9. The smallest absolute Gasteiger partial charge is 0.405 e. The largest absolute Gasteiger partial charge is 0.465 e.